The number of carbonyl (C=O) groups is 4. The van der Waals surface area contributed by atoms with Crippen LogP contribution in [0.3, 0.4) is 0 Å². The average Bonchev–Trinajstić information content (AvgIpc) is 3.77. The van der Waals surface area contributed by atoms with Gasteiger partial charge >= 0.3 is 0 Å². The maximum Gasteiger partial charge on any atom is 0.276 e. The Balaban J connectivity index is 1.24. The van der Waals surface area contributed by atoms with E-state index in [1.54, 1.807) is 29.9 Å². The van der Waals surface area contributed by atoms with Crippen molar-refractivity contribution in [3.05, 3.63) is 47.3 Å². The molecule has 1 aliphatic heterocycles. The minimum absolute atomic E-state index is 0.0443. The number of aryl methyl sites for hydroxylation is 1. The third kappa shape index (κ3) is 14.2. The van der Waals surface area contributed by atoms with Crippen LogP contribution in [0.2, 0.25) is 0 Å². The summed E-state index contributed by atoms with van der Waals surface area (Å²) in [5.41, 5.74) is 6.90. The van der Waals surface area contributed by atoms with Crippen molar-refractivity contribution in [3.63, 3.8) is 0 Å². The Bertz CT molecular complexity index is 1400. The Morgan fingerprint density at radius 3 is 2.14 bits per heavy atom. The lowest BCUT2D eigenvalue weighted by Gasteiger charge is -2.12. The van der Waals surface area contributed by atoms with Gasteiger partial charge < -0.3 is 55.4 Å². The van der Waals surface area contributed by atoms with E-state index in [1.165, 1.54) is 13.2 Å². The quantitative estimate of drug-likeness (QED) is 0.0908. The fourth-order valence-electron chi connectivity index (χ4n) is 4.36. The number of nitrogens with zero attached hydrogens (tertiary/aromatic N) is 2. The van der Waals surface area contributed by atoms with Crippen LogP contribution >= 0.6 is 0 Å². The van der Waals surface area contributed by atoms with Crippen LogP contribution in [0.1, 0.15) is 39.4 Å². The van der Waals surface area contributed by atoms with Gasteiger partial charge in [0.25, 0.3) is 11.8 Å². The van der Waals surface area contributed by atoms with Crippen molar-refractivity contribution in [2.45, 2.75) is 12.8 Å². The van der Waals surface area contributed by atoms with Gasteiger partial charge in [-0.1, -0.05) is 0 Å². The third-order valence-electron chi connectivity index (χ3n) is 6.79. The van der Waals surface area contributed by atoms with Crippen molar-refractivity contribution in [1.29, 1.82) is 0 Å². The van der Waals surface area contributed by atoms with E-state index in [-0.39, 0.29) is 75.9 Å². The van der Waals surface area contributed by atoms with Gasteiger partial charge in [-0.25, -0.2) is 0 Å². The molecule has 2 aromatic rings. The molecule has 0 radical (unpaired) electrons. The molecule has 2 heterocycles. The zero-order valence-corrected chi connectivity index (χ0v) is 28.0. The number of methoxy groups -OCH3 is 1. The summed E-state index contributed by atoms with van der Waals surface area (Å²) >= 11 is 0. The SMILES string of the molecule is COc1ccc(NC(=O)c2cc(C3=CCCO3)n(C)n2)cc1C(=O)NCCOCCOCC(=O)NCCOCCOCC(=O)NCCCN. The molecule has 0 aliphatic carbocycles. The van der Waals surface area contributed by atoms with E-state index in [4.69, 9.17) is 34.2 Å². The number of benzene rings is 1. The van der Waals surface area contributed by atoms with Gasteiger partial charge in [0.15, 0.2) is 5.69 Å². The van der Waals surface area contributed by atoms with Crippen LogP contribution in [0.5, 0.6) is 5.75 Å². The summed E-state index contributed by atoms with van der Waals surface area (Å²) in [5, 5.41) is 15.2. The molecular formula is C32H47N7O10. The van der Waals surface area contributed by atoms with E-state index in [2.05, 4.69) is 26.4 Å². The van der Waals surface area contributed by atoms with Crippen molar-refractivity contribution in [3.8, 4) is 5.75 Å². The summed E-state index contributed by atoms with van der Waals surface area (Å²) in [6.07, 6.45) is 3.47. The van der Waals surface area contributed by atoms with E-state index in [9.17, 15) is 19.2 Å². The smallest absolute Gasteiger partial charge is 0.276 e. The molecule has 0 unspecified atom stereocenters. The highest BCUT2D eigenvalue weighted by Crippen LogP contribution is 2.25. The topological polar surface area (TPSA) is 216 Å². The number of amides is 4. The molecule has 0 fully saturated rings. The van der Waals surface area contributed by atoms with Crippen LogP contribution in [-0.2, 0) is 40.3 Å². The molecule has 1 aromatic carbocycles. The van der Waals surface area contributed by atoms with Crippen LogP contribution in [0.25, 0.3) is 5.76 Å². The lowest BCUT2D eigenvalue weighted by Crippen LogP contribution is -2.32. The second-order valence-electron chi connectivity index (χ2n) is 10.5. The number of anilines is 1. The molecule has 0 atom stereocenters. The molecule has 17 heteroatoms. The maximum atomic E-state index is 12.9. The first-order valence-electron chi connectivity index (χ1n) is 16.0. The molecule has 0 saturated carbocycles. The molecule has 49 heavy (non-hydrogen) atoms. The molecule has 0 saturated heterocycles. The first kappa shape index (κ1) is 38.9. The summed E-state index contributed by atoms with van der Waals surface area (Å²) in [6, 6.07) is 6.40. The van der Waals surface area contributed by atoms with Gasteiger partial charge in [-0.05, 0) is 37.2 Å². The Morgan fingerprint density at radius 1 is 0.857 bits per heavy atom. The monoisotopic (exact) mass is 689 g/mol. The van der Waals surface area contributed by atoms with Gasteiger partial charge in [-0.3, -0.25) is 23.9 Å². The van der Waals surface area contributed by atoms with Crippen molar-refractivity contribution < 1.29 is 47.6 Å². The summed E-state index contributed by atoms with van der Waals surface area (Å²) in [5.74, 6) is -0.317. The molecule has 4 amide bonds. The normalized spacial score (nSPS) is 12.2. The highest BCUT2D eigenvalue weighted by Gasteiger charge is 2.19. The van der Waals surface area contributed by atoms with E-state index in [0.717, 1.165) is 6.42 Å². The third-order valence-corrected chi connectivity index (χ3v) is 6.79. The summed E-state index contributed by atoms with van der Waals surface area (Å²) in [7, 11) is 3.19. The largest absolute Gasteiger partial charge is 0.496 e. The summed E-state index contributed by atoms with van der Waals surface area (Å²) in [6.45, 7) is 3.43. The minimum Gasteiger partial charge on any atom is -0.496 e. The lowest BCUT2D eigenvalue weighted by atomic mass is 10.1. The Kier molecular flexibility index (Phi) is 17.6. The van der Waals surface area contributed by atoms with Crippen LogP contribution in [0.15, 0.2) is 30.3 Å². The van der Waals surface area contributed by atoms with Crippen molar-refractivity contribution >= 4 is 35.1 Å². The lowest BCUT2D eigenvalue weighted by molar-refractivity contribution is -0.127. The van der Waals surface area contributed by atoms with E-state index in [1.807, 2.05) is 6.08 Å². The van der Waals surface area contributed by atoms with Gasteiger partial charge in [-0.2, -0.15) is 5.10 Å². The van der Waals surface area contributed by atoms with Crippen LogP contribution in [-0.4, -0.2) is 126 Å². The molecule has 3 rings (SSSR count). The first-order valence-corrected chi connectivity index (χ1v) is 16.0. The fraction of sp³-hybridized carbons (Fsp3) is 0.531. The van der Waals surface area contributed by atoms with Gasteiger partial charge in [0, 0.05) is 44.9 Å². The van der Waals surface area contributed by atoms with Crippen LogP contribution < -0.4 is 31.7 Å². The molecule has 0 spiro atoms. The first-order chi connectivity index (χ1) is 23.8. The zero-order valence-electron chi connectivity index (χ0n) is 28.0. The predicted octanol–water partition coefficient (Wildman–Crippen LogP) is -0.180. The number of aromatic nitrogens is 2. The number of hydrogen-bond donors (Lipinski definition) is 5. The summed E-state index contributed by atoms with van der Waals surface area (Å²) < 4.78 is 33.8. The molecule has 1 aliphatic rings. The zero-order chi connectivity index (χ0) is 35.3. The standard InChI is InChI=1S/C32H47N7O10/c1-39-26(28-5-3-12-49-28)20-25(38-39)32(43)37-23-6-7-27(44-2)24(19-23)31(42)36-11-14-46-16-18-48-22-30(41)35-10-13-45-15-17-47-21-29(40)34-9-4-8-33/h5-7,19-20H,3-4,8-18,21-22,33H2,1-2H3,(H,34,40)(H,35,41)(H,36,42)(H,37,43). The van der Waals surface area contributed by atoms with Crippen LogP contribution in [0.4, 0.5) is 5.69 Å². The molecule has 1 aromatic heterocycles. The number of carbonyl (C=O) groups excluding carboxylic acids is 4. The Morgan fingerprint density at radius 2 is 1.51 bits per heavy atom. The molecule has 17 nitrogen and oxygen atoms in total. The van der Waals surface area contributed by atoms with Crippen molar-refractivity contribution in [1.82, 2.24) is 25.7 Å². The van der Waals surface area contributed by atoms with E-state index < -0.39 is 11.8 Å². The maximum absolute atomic E-state index is 12.9. The van der Waals surface area contributed by atoms with Gasteiger partial charge in [0.05, 0.1) is 58.9 Å². The molecule has 270 valence electrons. The van der Waals surface area contributed by atoms with E-state index in [0.29, 0.717) is 62.2 Å². The number of hydrogen-bond acceptors (Lipinski definition) is 12. The molecule has 6 N–H and O–H groups in total. The van der Waals surface area contributed by atoms with Gasteiger partial charge in [0.1, 0.15) is 30.4 Å². The highest BCUT2D eigenvalue weighted by atomic mass is 16.5. The average molecular weight is 690 g/mol. The number of nitrogens with one attached hydrogen (secondary N) is 4. The van der Waals surface area contributed by atoms with Crippen molar-refractivity contribution in [2.75, 3.05) is 98.1 Å². The Labute approximate surface area is 285 Å². The minimum atomic E-state index is -0.435. The Hall–Kier alpha value is -4.55. The van der Waals surface area contributed by atoms with Crippen molar-refractivity contribution in [2.24, 2.45) is 12.8 Å². The number of ether oxygens (including phenoxy) is 6. The highest BCUT2D eigenvalue weighted by molar-refractivity contribution is 6.04. The van der Waals surface area contributed by atoms with Gasteiger partial charge in [0.2, 0.25) is 11.8 Å². The van der Waals surface area contributed by atoms with Crippen LogP contribution in [0, 0.1) is 0 Å². The number of nitrogens with two attached hydrogens (primary N) is 1. The molecule has 0 bridgehead atoms. The fourth-order valence-corrected chi connectivity index (χ4v) is 4.36. The predicted molar refractivity (Wildman–Crippen MR) is 178 cm³/mol. The summed E-state index contributed by atoms with van der Waals surface area (Å²) in [4.78, 5) is 49.1. The van der Waals surface area contributed by atoms with Gasteiger partial charge in [-0.15, -0.1) is 0 Å². The molecular weight excluding hydrogens is 642 g/mol. The second-order valence-corrected chi connectivity index (χ2v) is 10.5. The van der Waals surface area contributed by atoms with E-state index >= 15 is 0 Å². The second kappa shape index (κ2) is 22.2. The number of rotatable bonds is 24.